The van der Waals surface area contributed by atoms with Crippen molar-refractivity contribution < 1.29 is 9.13 Å². The number of benzene rings is 1. The third-order valence-corrected chi connectivity index (χ3v) is 4.36. The fraction of sp³-hybridized carbons (Fsp3) is 0.600. The van der Waals surface area contributed by atoms with E-state index in [0.717, 1.165) is 51.5 Å². The van der Waals surface area contributed by atoms with Gasteiger partial charge in [0.1, 0.15) is 5.82 Å². The fourth-order valence-corrected chi connectivity index (χ4v) is 3.25. The van der Waals surface area contributed by atoms with Gasteiger partial charge in [0.2, 0.25) is 0 Å². The van der Waals surface area contributed by atoms with E-state index in [9.17, 15) is 4.39 Å². The minimum absolute atomic E-state index is 0.195. The first-order valence-corrected chi connectivity index (χ1v) is 7.34. The first-order chi connectivity index (χ1) is 9.79. The van der Waals surface area contributed by atoms with Crippen molar-refractivity contribution in [3.05, 3.63) is 29.6 Å². The zero-order chi connectivity index (χ0) is 13.9. The average molecular weight is 279 g/mol. The summed E-state index contributed by atoms with van der Waals surface area (Å²) in [5, 5.41) is 0. The predicted molar refractivity (Wildman–Crippen MR) is 77.3 cm³/mol. The van der Waals surface area contributed by atoms with Gasteiger partial charge in [0.25, 0.3) is 0 Å². The largest absolute Gasteiger partial charge is 0.379 e. The molecule has 0 bridgehead atoms. The maximum atomic E-state index is 13.8. The Kier molecular flexibility index (Phi) is 4.19. The molecule has 0 aliphatic carbocycles. The maximum Gasteiger partial charge on any atom is 0.129 e. The molecule has 2 aliphatic heterocycles. The number of nitrogens with two attached hydrogens (primary N) is 1. The highest BCUT2D eigenvalue weighted by molar-refractivity contribution is 5.55. The van der Waals surface area contributed by atoms with Crippen molar-refractivity contribution in [3.63, 3.8) is 0 Å². The Hall–Kier alpha value is -1.17. The number of ether oxygens (including phenoxy) is 1. The summed E-state index contributed by atoms with van der Waals surface area (Å²) in [5.74, 6) is -0.195. The van der Waals surface area contributed by atoms with Gasteiger partial charge in [-0.15, -0.1) is 0 Å². The first kappa shape index (κ1) is 13.8. The molecular formula is C15H22FN3O. The van der Waals surface area contributed by atoms with E-state index in [-0.39, 0.29) is 12.4 Å². The SMILES string of the molecule is NCc1c(F)cccc1N1CCC(N2CCOCC2)C1. The molecule has 110 valence electrons. The lowest BCUT2D eigenvalue weighted by atomic mass is 10.1. The number of anilines is 1. The van der Waals surface area contributed by atoms with Crippen LogP contribution in [0.25, 0.3) is 0 Å². The van der Waals surface area contributed by atoms with Crippen molar-refractivity contribution in [2.45, 2.75) is 19.0 Å². The average Bonchev–Trinajstić information content (AvgIpc) is 2.97. The topological polar surface area (TPSA) is 41.7 Å². The second kappa shape index (κ2) is 6.08. The van der Waals surface area contributed by atoms with Crippen LogP contribution in [0.2, 0.25) is 0 Å². The summed E-state index contributed by atoms with van der Waals surface area (Å²) in [5.41, 5.74) is 7.30. The van der Waals surface area contributed by atoms with E-state index < -0.39 is 0 Å². The summed E-state index contributed by atoms with van der Waals surface area (Å²) in [7, 11) is 0. The van der Waals surface area contributed by atoms with Crippen molar-refractivity contribution in [1.29, 1.82) is 0 Å². The number of halogens is 1. The molecule has 2 N–H and O–H groups in total. The van der Waals surface area contributed by atoms with Crippen LogP contribution in [0.4, 0.5) is 10.1 Å². The fourth-order valence-electron chi connectivity index (χ4n) is 3.25. The van der Waals surface area contributed by atoms with Gasteiger partial charge in [-0.05, 0) is 18.6 Å². The van der Waals surface area contributed by atoms with Crippen LogP contribution >= 0.6 is 0 Å². The highest BCUT2D eigenvalue weighted by Crippen LogP contribution is 2.28. The van der Waals surface area contributed by atoms with Crippen LogP contribution in [-0.4, -0.2) is 50.3 Å². The van der Waals surface area contributed by atoms with Crippen molar-refractivity contribution in [2.24, 2.45) is 5.73 Å². The van der Waals surface area contributed by atoms with Gasteiger partial charge in [0, 0.05) is 50.0 Å². The molecule has 1 unspecified atom stereocenters. The van der Waals surface area contributed by atoms with Crippen LogP contribution in [0.5, 0.6) is 0 Å². The van der Waals surface area contributed by atoms with E-state index in [1.54, 1.807) is 6.07 Å². The molecule has 0 aromatic heterocycles. The Morgan fingerprint density at radius 1 is 1.25 bits per heavy atom. The molecule has 2 saturated heterocycles. The van der Waals surface area contributed by atoms with Crippen molar-refractivity contribution in [3.8, 4) is 0 Å². The first-order valence-electron chi connectivity index (χ1n) is 7.34. The molecule has 0 radical (unpaired) electrons. The molecule has 2 heterocycles. The molecule has 0 spiro atoms. The number of hydrogen-bond acceptors (Lipinski definition) is 4. The molecule has 5 heteroatoms. The molecule has 4 nitrogen and oxygen atoms in total. The summed E-state index contributed by atoms with van der Waals surface area (Å²) in [4.78, 5) is 4.76. The van der Waals surface area contributed by atoms with Crippen LogP contribution < -0.4 is 10.6 Å². The van der Waals surface area contributed by atoms with E-state index in [1.165, 1.54) is 6.07 Å². The lowest BCUT2D eigenvalue weighted by molar-refractivity contribution is 0.0209. The molecule has 1 aromatic carbocycles. The lowest BCUT2D eigenvalue weighted by Crippen LogP contribution is -2.44. The quantitative estimate of drug-likeness (QED) is 0.902. The van der Waals surface area contributed by atoms with Gasteiger partial charge in [-0.1, -0.05) is 6.07 Å². The van der Waals surface area contributed by atoms with Crippen LogP contribution in [0.1, 0.15) is 12.0 Å². The van der Waals surface area contributed by atoms with Gasteiger partial charge in [0.15, 0.2) is 0 Å². The molecule has 1 atom stereocenters. The molecule has 0 saturated carbocycles. The smallest absolute Gasteiger partial charge is 0.129 e. The van der Waals surface area contributed by atoms with E-state index >= 15 is 0 Å². The van der Waals surface area contributed by atoms with Crippen molar-refractivity contribution >= 4 is 5.69 Å². The highest BCUT2D eigenvalue weighted by atomic mass is 19.1. The number of nitrogens with zero attached hydrogens (tertiary/aromatic N) is 2. The predicted octanol–water partition coefficient (Wildman–Crippen LogP) is 1.20. The summed E-state index contributed by atoms with van der Waals surface area (Å²) in [6.07, 6.45) is 1.13. The monoisotopic (exact) mass is 279 g/mol. The molecule has 2 aliphatic rings. The second-order valence-corrected chi connectivity index (χ2v) is 5.48. The summed E-state index contributed by atoms with van der Waals surface area (Å²) < 4.78 is 19.2. The Labute approximate surface area is 119 Å². The Morgan fingerprint density at radius 3 is 2.80 bits per heavy atom. The standard InChI is InChI=1S/C15H22FN3O/c16-14-2-1-3-15(13(14)10-17)19-5-4-12(11-19)18-6-8-20-9-7-18/h1-3,12H,4-11,17H2. The molecule has 0 amide bonds. The minimum atomic E-state index is -0.195. The number of rotatable bonds is 3. The lowest BCUT2D eigenvalue weighted by Gasteiger charge is -2.32. The molecule has 20 heavy (non-hydrogen) atoms. The van der Waals surface area contributed by atoms with Gasteiger partial charge >= 0.3 is 0 Å². The van der Waals surface area contributed by atoms with Gasteiger partial charge in [-0.3, -0.25) is 4.90 Å². The van der Waals surface area contributed by atoms with Crippen molar-refractivity contribution in [1.82, 2.24) is 4.90 Å². The second-order valence-electron chi connectivity index (χ2n) is 5.48. The van der Waals surface area contributed by atoms with E-state index in [0.29, 0.717) is 11.6 Å². The van der Waals surface area contributed by atoms with Crippen LogP contribution in [0.15, 0.2) is 18.2 Å². The van der Waals surface area contributed by atoms with Crippen molar-refractivity contribution in [2.75, 3.05) is 44.3 Å². The van der Waals surface area contributed by atoms with E-state index in [4.69, 9.17) is 10.5 Å². The summed E-state index contributed by atoms with van der Waals surface area (Å²) in [6, 6.07) is 5.79. The molecular weight excluding hydrogens is 257 g/mol. The van der Waals surface area contributed by atoms with Gasteiger partial charge < -0.3 is 15.4 Å². The van der Waals surface area contributed by atoms with Crippen LogP contribution in [0, 0.1) is 5.82 Å². The third kappa shape index (κ3) is 2.66. The molecule has 3 rings (SSSR count). The Morgan fingerprint density at radius 2 is 2.05 bits per heavy atom. The Balaban J connectivity index is 1.72. The normalized spacial score (nSPS) is 24.3. The van der Waals surface area contributed by atoms with Gasteiger partial charge in [-0.2, -0.15) is 0 Å². The summed E-state index contributed by atoms with van der Waals surface area (Å²) >= 11 is 0. The number of hydrogen-bond donors (Lipinski definition) is 1. The third-order valence-electron chi connectivity index (χ3n) is 4.36. The molecule has 1 aromatic rings. The highest BCUT2D eigenvalue weighted by Gasteiger charge is 2.29. The van der Waals surface area contributed by atoms with E-state index in [2.05, 4.69) is 9.80 Å². The molecule has 2 fully saturated rings. The van der Waals surface area contributed by atoms with E-state index in [1.807, 2.05) is 6.07 Å². The van der Waals surface area contributed by atoms with Gasteiger partial charge in [-0.25, -0.2) is 4.39 Å². The van der Waals surface area contributed by atoms with Crippen LogP contribution in [-0.2, 0) is 11.3 Å². The Bertz CT molecular complexity index is 462. The maximum absolute atomic E-state index is 13.8. The zero-order valence-electron chi connectivity index (χ0n) is 11.7. The minimum Gasteiger partial charge on any atom is -0.379 e. The number of morpholine rings is 1. The summed E-state index contributed by atoms with van der Waals surface area (Å²) in [6.45, 7) is 5.83. The zero-order valence-corrected chi connectivity index (χ0v) is 11.7. The van der Waals surface area contributed by atoms with Gasteiger partial charge in [0.05, 0.1) is 13.2 Å². The van der Waals surface area contributed by atoms with Crippen LogP contribution in [0.3, 0.4) is 0 Å².